The molecule has 0 aliphatic rings. The average molecular weight is 347 g/mol. The summed E-state index contributed by atoms with van der Waals surface area (Å²) in [5.74, 6) is -0.719. The zero-order chi connectivity index (χ0) is 14.8. The molecule has 6 heteroatoms. The molecule has 21 heavy (non-hydrogen) atoms. The number of hydrogen-bond donors (Lipinski definition) is 1. The number of nitrogens with zero attached hydrogens (tertiary/aromatic N) is 2. The van der Waals surface area contributed by atoms with Crippen molar-refractivity contribution >= 4 is 27.5 Å². The summed E-state index contributed by atoms with van der Waals surface area (Å²) in [4.78, 5) is 15.6. The van der Waals surface area contributed by atoms with E-state index in [1.807, 2.05) is 35.0 Å². The number of para-hydroxylation sites is 1. The molecule has 0 amide bonds. The minimum atomic E-state index is -1.03. The van der Waals surface area contributed by atoms with Crippen LogP contribution >= 0.6 is 15.9 Å². The number of benzene rings is 1. The Morgan fingerprint density at radius 1 is 1.29 bits per heavy atom. The van der Waals surface area contributed by atoms with Crippen molar-refractivity contribution in [3.63, 3.8) is 0 Å². The Balaban J connectivity index is 1.86. The summed E-state index contributed by atoms with van der Waals surface area (Å²) >= 11 is 3.31. The van der Waals surface area contributed by atoms with E-state index in [2.05, 4.69) is 20.9 Å². The standard InChI is InChI=1S/C15H11BrN2O3/c16-12-5-3-4-11(15(19)20)14(12)21-9-10-8-18-7-2-1-6-13(18)17-10/h1-8H,9H2,(H,19,20). The second-order valence-electron chi connectivity index (χ2n) is 4.41. The quantitative estimate of drug-likeness (QED) is 0.786. The number of carboxylic acids is 1. The molecule has 3 aromatic rings. The Hall–Kier alpha value is -2.34. The molecule has 0 aliphatic heterocycles. The third kappa shape index (κ3) is 2.75. The van der Waals surface area contributed by atoms with Crippen molar-refractivity contribution in [2.75, 3.05) is 0 Å². The van der Waals surface area contributed by atoms with Gasteiger partial charge in [0.25, 0.3) is 0 Å². The highest BCUT2D eigenvalue weighted by atomic mass is 79.9. The van der Waals surface area contributed by atoms with E-state index in [-0.39, 0.29) is 12.2 Å². The average Bonchev–Trinajstić information content (AvgIpc) is 2.88. The minimum absolute atomic E-state index is 0.119. The lowest BCUT2D eigenvalue weighted by Crippen LogP contribution is -2.04. The fourth-order valence-electron chi connectivity index (χ4n) is 2.03. The number of ether oxygens (including phenoxy) is 1. The second-order valence-corrected chi connectivity index (χ2v) is 5.26. The van der Waals surface area contributed by atoms with Gasteiger partial charge in [-0.3, -0.25) is 0 Å². The molecule has 0 fully saturated rings. The van der Waals surface area contributed by atoms with Gasteiger partial charge in [0.1, 0.15) is 23.6 Å². The maximum atomic E-state index is 11.2. The van der Waals surface area contributed by atoms with Crippen LogP contribution in [-0.2, 0) is 6.61 Å². The zero-order valence-corrected chi connectivity index (χ0v) is 12.4. The number of halogens is 1. The van der Waals surface area contributed by atoms with Crippen LogP contribution < -0.4 is 4.74 Å². The van der Waals surface area contributed by atoms with E-state index in [0.717, 1.165) is 11.3 Å². The summed E-state index contributed by atoms with van der Waals surface area (Å²) in [5.41, 5.74) is 1.67. The molecule has 1 aromatic carbocycles. The van der Waals surface area contributed by atoms with Crippen LogP contribution in [0, 0.1) is 0 Å². The Morgan fingerprint density at radius 3 is 2.90 bits per heavy atom. The van der Waals surface area contributed by atoms with Gasteiger partial charge < -0.3 is 14.2 Å². The second kappa shape index (κ2) is 5.57. The summed E-state index contributed by atoms with van der Waals surface area (Å²) in [6.07, 6.45) is 3.75. The van der Waals surface area contributed by atoms with E-state index < -0.39 is 5.97 Å². The van der Waals surface area contributed by atoms with Crippen LogP contribution in [0.5, 0.6) is 5.75 Å². The predicted molar refractivity (Wildman–Crippen MR) is 80.6 cm³/mol. The minimum Gasteiger partial charge on any atom is -0.485 e. The van der Waals surface area contributed by atoms with Gasteiger partial charge in [0.15, 0.2) is 0 Å². The Labute approximate surface area is 128 Å². The first-order chi connectivity index (χ1) is 10.1. The van der Waals surface area contributed by atoms with Crippen molar-refractivity contribution in [1.82, 2.24) is 9.38 Å². The first-order valence-electron chi connectivity index (χ1n) is 6.22. The van der Waals surface area contributed by atoms with E-state index >= 15 is 0 Å². The molecule has 2 heterocycles. The highest BCUT2D eigenvalue weighted by molar-refractivity contribution is 9.10. The van der Waals surface area contributed by atoms with Crippen LogP contribution in [0.4, 0.5) is 0 Å². The van der Waals surface area contributed by atoms with Crippen molar-refractivity contribution in [1.29, 1.82) is 0 Å². The van der Waals surface area contributed by atoms with Gasteiger partial charge in [-0.15, -0.1) is 0 Å². The number of aromatic nitrogens is 2. The molecule has 0 saturated carbocycles. The van der Waals surface area contributed by atoms with Crippen LogP contribution in [0.25, 0.3) is 5.65 Å². The van der Waals surface area contributed by atoms with Crippen LogP contribution in [-0.4, -0.2) is 20.5 Å². The van der Waals surface area contributed by atoms with Gasteiger partial charge in [0, 0.05) is 12.4 Å². The molecule has 0 bridgehead atoms. The molecule has 0 unspecified atom stereocenters. The van der Waals surface area contributed by atoms with Gasteiger partial charge in [-0.05, 0) is 40.2 Å². The van der Waals surface area contributed by atoms with Crippen molar-refractivity contribution in [3.05, 3.63) is 64.5 Å². The maximum Gasteiger partial charge on any atom is 0.339 e. The first kappa shape index (κ1) is 13.6. The summed E-state index contributed by atoms with van der Waals surface area (Å²) in [6, 6.07) is 10.6. The lowest BCUT2D eigenvalue weighted by atomic mass is 10.2. The highest BCUT2D eigenvalue weighted by Gasteiger charge is 2.14. The molecule has 1 N–H and O–H groups in total. The Bertz CT molecular complexity index is 781. The largest absolute Gasteiger partial charge is 0.485 e. The number of rotatable bonds is 4. The predicted octanol–water partition coefficient (Wildman–Crippen LogP) is 3.37. The van der Waals surface area contributed by atoms with E-state index in [9.17, 15) is 9.90 Å². The van der Waals surface area contributed by atoms with Crippen molar-refractivity contribution in [2.45, 2.75) is 6.61 Å². The van der Waals surface area contributed by atoms with Crippen LogP contribution in [0.1, 0.15) is 16.1 Å². The number of hydrogen-bond acceptors (Lipinski definition) is 3. The van der Waals surface area contributed by atoms with E-state index in [1.54, 1.807) is 12.1 Å². The van der Waals surface area contributed by atoms with E-state index in [0.29, 0.717) is 10.2 Å². The lowest BCUT2D eigenvalue weighted by molar-refractivity contribution is 0.0691. The van der Waals surface area contributed by atoms with Crippen molar-refractivity contribution in [2.24, 2.45) is 0 Å². The van der Waals surface area contributed by atoms with Crippen molar-refractivity contribution < 1.29 is 14.6 Å². The maximum absolute atomic E-state index is 11.2. The third-order valence-corrected chi connectivity index (χ3v) is 3.60. The van der Waals surface area contributed by atoms with Gasteiger partial charge in [-0.1, -0.05) is 12.1 Å². The van der Waals surface area contributed by atoms with Gasteiger partial charge in [0.2, 0.25) is 0 Å². The molecule has 0 saturated heterocycles. The number of fused-ring (bicyclic) bond motifs is 1. The van der Waals surface area contributed by atoms with Gasteiger partial charge >= 0.3 is 5.97 Å². The zero-order valence-electron chi connectivity index (χ0n) is 10.9. The molecule has 2 aromatic heterocycles. The molecule has 0 aliphatic carbocycles. The molecule has 0 radical (unpaired) electrons. The molecule has 106 valence electrons. The SMILES string of the molecule is O=C(O)c1cccc(Br)c1OCc1cn2ccccc2n1. The number of imidazole rings is 1. The normalized spacial score (nSPS) is 10.7. The highest BCUT2D eigenvalue weighted by Crippen LogP contribution is 2.29. The molecule has 5 nitrogen and oxygen atoms in total. The van der Waals surface area contributed by atoms with Crippen LogP contribution in [0.3, 0.4) is 0 Å². The first-order valence-corrected chi connectivity index (χ1v) is 7.01. The number of aromatic carboxylic acids is 1. The summed E-state index contributed by atoms with van der Waals surface area (Å²) in [6.45, 7) is 0.199. The van der Waals surface area contributed by atoms with Gasteiger partial charge in [0.05, 0.1) is 10.2 Å². The molecular formula is C15H11BrN2O3. The fraction of sp³-hybridized carbons (Fsp3) is 0.0667. The fourth-order valence-corrected chi connectivity index (χ4v) is 2.51. The lowest BCUT2D eigenvalue weighted by Gasteiger charge is -2.09. The third-order valence-electron chi connectivity index (χ3n) is 2.98. The number of carboxylic acid groups (broad SMARTS) is 1. The topological polar surface area (TPSA) is 63.8 Å². The number of pyridine rings is 1. The molecular weight excluding hydrogens is 336 g/mol. The Kier molecular flexibility index (Phi) is 3.62. The smallest absolute Gasteiger partial charge is 0.339 e. The summed E-state index contributed by atoms with van der Waals surface area (Å²) in [7, 11) is 0. The van der Waals surface area contributed by atoms with Gasteiger partial charge in [-0.25, -0.2) is 9.78 Å². The monoisotopic (exact) mass is 346 g/mol. The number of carbonyl (C=O) groups is 1. The van der Waals surface area contributed by atoms with Crippen LogP contribution in [0.15, 0.2) is 53.3 Å². The Morgan fingerprint density at radius 2 is 2.14 bits per heavy atom. The van der Waals surface area contributed by atoms with Crippen LogP contribution in [0.2, 0.25) is 0 Å². The van der Waals surface area contributed by atoms with E-state index in [4.69, 9.17) is 4.74 Å². The molecule has 3 rings (SSSR count). The van der Waals surface area contributed by atoms with Crippen molar-refractivity contribution in [3.8, 4) is 5.75 Å². The van der Waals surface area contributed by atoms with E-state index in [1.165, 1.54) is 6.07 Å². The summed E-state index contributed by atoms with van der Waals surface area (Å²) < 4.78 is 8.13. The molecule has 0 atom stereocenters. The van der Waals surface area contributed by atoms with Gasteiger partial charge in [-0.2, -0.15) is 0 Å². The summed E-state index contributed by atoms with van der Waals surface area (Å²) in [5, 5.41) is 9.18. The molecule has 0 spiro atoms.